The largest absolute Gasteiger partial charge is 0.493 e. The molecule has 2 heteroatoms. The Kier molecular flexibility index (Phi) is 2.98. The molecule has 0 amide bonds. The van der Waals surface area contributed by atoms with Crippen LogP contribution in [0.3, 0.4) is 0 Å². The highest BCUT2D eigenvalue weighted by atomic mass is 16.5. The van der Waals surface area contributed by atoms with Gasteiger partial charge >= 0.3 is 0 Å². The minimum absolute atomic E-state index is 0.169. The smallest absolute Gasteiger partial charge is 0.168 e. The summed E-state index contributed by atoms with van der Waals surface area (Å²) in [4.78, 5) is 12.2. The normalized spacial score (nSPS) is 19.4. The third-order valence-corrected chi connectivity index (χ3v) is 3.30. The predicted molar refractivity (Wildman–Crippen MR) is 68.8 cm³/mol. The van der Waals surface area contributed by atoms with Crippen molar-refractivity contribution in [3.05, 3.63) is 29.3 Å². The van der Waals surface area contributed by atoms with E-state index in [1.165, 1.54) is 5.56 Å². The van der Waals surface area contributed by atoms with Crippen molar-refractivity contribution in [1.29, 1.82) is 0 Å². The molecule has 1 aliphatic heterocycles. The summed E-state index contributed by atoms with van der Waals surface area (Å²) in [6.07, 6.45) is 1.06. The molecule has 1 heterocycles. The van der Waals surface area contributed by atoms with Gasteiger partial charge in [0.1, 0.15) is 5.75 Å². The Labute approximate surface area is 103 Å². The average molecular weight is 232 g/mol. The van der Waals surface area contributed by atoms with Crippen LogP contribution in [-0.2, 0) is 0 Å². The second kappa shape index (κ2) is 4.17. The van der Waals surface area contributed by atoms with Gasteiger partial charge in [0.25, 0.3) is 0 Å². The lowest BCUT2D eigenvalue weighted by molar-refractivity contribution is 0.0857. The first kappa shape index (κ1) is 12.2. The van der Waals surface area contributed by atoms with Crippen LogP contribution in [0.25, 0.3) is 0 Å². The van der Waals surface area contributed by atoms with Crippen molar-refractivity contribution in [2.45, 2.75) is 40.0 Å². The first-order valence-corrected chi connectivity index (χ1v) is 6.21. The van der Waals surface area contributed by atoms with Crippen molar-refractivity contribution >= 4 is 5.78 Å². The van der Waals surface area contributed by atoms with Gasteiger partial charge in [0.15, 0.2) is 5.78 Å². The van der Waals surface area contributed by atoms with Gasteiger partial charge in [-0.05, 0) is 24.0 Å². The van der Waals surface area contributed by atoms with E-state index in [1.54, 1.807) is 0 Å². The maximum absolute atomic E-state index is 12.2. The molecule has 0 aromatic heterocycles. The molecule has 1 aromatic rings. The lowest BCUT2D eigenvalue weighted by atomic mass is 9.85. The lowest BCUT2D eigenvalue weighted by Gasteiger charge is -2.24. The van der Waals surface area contributed by atoms with Crippen molar-refractivity contribution in [3.63, 3.8) is 0 Å². The number of benzene rings is 1. The molecule has 0 saturated heterocycles. The number of hydrogen-bond donors (Lipinski definition) is 0. The molecule has 0 aliphatic carbocycles. The molecule has 2 nitrogen and oxygen atoms in total. The van der Waals surface area contributed by atoms with Crippen LogP contribution in [0.1, 0.15) is 56.0 Å². The predicted octanol–water partition coefficient (Wildman–Crippen LogP) is 3.80. The van der Waals surface area contributed by atoms with E-state index >= 15 is 0 Å². The average Bonchev–Trinajstić information content (AvgIpc) is 2.26. The molecule has 1 aromatic carbocycles. The summed E-state index contributed by atoms with van der Waals surface area (Å²) in [5.74, 6) is 1.58. The highest BCUT2D eigenvalue weighted by molar-refractivity contribution is 6.00. The van der Waals surface area contributed by atoms with Crippen molar-refractivity contribution in [2.24, 2.45) is 5.41 Å². The lowest BCUT2D eigenvalue weighted by Crippen LogP contribution is -2.21. The first-order valence-electron chi connectivity index (χ1n) is 6.21. The second-order valence-electron chi connectivity index (χ2n) is 5.87. The van der Waals surface area contributed by atoms with Crippen LogP contribution < -0.4 is 4.74 Å². The van der Waals surface area contributed by atoms with Gasteiger partial charge < -0.3 is 4.74 Å². The maximum Gasteiger partial charge on any atom is 0.168 e. The summed E-state index contributed by atoms with van der Waals surface area (Å²) >= 11 is 0. The fourth-order valence-corrected chi connectivity index (χ4v) is 2.14. The monoisotopic (exact) mass is 232 g/mol. The number of ketones is 1. The highest BCUT2D eigenvalue weighted by Gasteiger charge is 2.25. The number of fused-ring (bicyclic) bond motifs is 1. The van der Waals surface area contributed by atoms with E-state index < -0.39 is 0 Å². The number of carbonyl (C=O) groups excluding carboxylic acids is 1. The standard InChI is InChI=1S/C15H20O2/c1-10-7-8-17-13-9-11(5-6-12(10)13)14(16)15(2,3)4/h5-6,9-10H,7-8H2,1-4H3/t10-/m0/s1. The zero-order valence-electron chi connectivity index (χ0n) is 11.0. The SMILES string of the molecule is C[C@H]1CCOc2cc(C(=O)C(C)(C)C)ccc21. The van der Waals surface area contributed by atoms with Gasteiger partial charge in [-0.3, -0.25) is 4.79 Å². The fraction of sp³-hybridized carbons (Fsp3) is 0.533. The van der Waals surface area contributed by atoms with Crippen LogP contribution >= 0.6 is 0 Å². The molecule has 92 valence electrons. The van der Waals surface area contributed by atoms with Gasteiger partial charge in [-0.15, -0.1) is 0 Å². The van der Waals surface area contributed by atoms with Gasteiger partial charge in [0.2, 0.25) is 0 Å². The molecule has 0 N–H and O–H groups in total. The molecule has 17 heavy (non-hydrogen) atoms. The van der Waals surface area contributed by atoms with Crippen LogP contribution in [0, 0.1) is 5.41 Å². The molecule has 1 aliphatic rings. The van der Waals surface area contributed by atoms with E-state index in [-0.39, 0.29) is 11.2 Å². The Morgan fingerprint density at radius 1 is 1.35 bits per heavy atom. The Morgan fingerprint density at radius 3 is 2.71 bits per heavy atom. The fourth-order valence-electron chi connectivity index (χ4n) is 2.14. The van der Waals surface area contributed by atoms with E-state index in [1.807, 2.05) is 39.0 Å². The number of hydrogen-bond acceptors (Lipinski definition) is 2. The minimum atomic E-state index is -0.339. The molecule has 0 bridgehead atoms. The van der Waals surface area contributed by atoms with E-state index in [0.717, 1.165) is 24.3 Å². The van der Waals surface area contributed by atoms with Gasteiger partial charge in [-0.1, -0.05) is 39.8 Å². The van der Waals surface area contributed by atoms with Crippen molar-refractivity contribution in [1.82, 2.24) is 0 Å². The Balaban J connectivity index is 2.37. The van der Waals surface area contributed by atoms with E-state index in [4.69, 9.17) is 4.74 Å². The summed E-state index contributed by atoms with van der Waals surface area (Å²) < 4.78 is 5.65. The molecular weight excluding hydrogens is 212 g/mol. The third-order valence-electron chi connectivity index (χ3n) is 3.30. The van der Waals surface area contributed by atoms with Crippen LogP contribution in [0.5, 0.6) is 5.75 Å². The quantitative estimate of drug-likeness (QED) is 0.688. The number of ether oxygens (including phenoxy) is 1. The van der Waals surface area contributed by atoms with Gasteiger partial charge in [0, 0.05) is 11.0 Å². The number of Topliss-reactive ketones (excluding diaryl/α,β-unsaturated/α-hetero) is 1. The Morgan fingerprint density at radius 2 is 2.06 bits per heavy atom. The number of rotatable bonds is 1. The van der Waals surface area contributed by atoms with Crippen molar-refractivity contribution in [2.75, 3.05) is 6.61 Å². The van der Waals surface area contributed by atoms with Gasteiger partial charge in [-0.25, -0.2) is 0 Å². The molecule has 0 fully saturated rings. The van der Waals surface area contributed by atoms with Gasteiger partial charge in [-0.2, -0.15) is 0 Å². The van der Waals surface area contributed by atoms with Crippen LogP contribution in [0.2, 0.25) is 0 Å². The maximum atomic E-state index is 12.2. The molecule has 0 unspecified atom stereocenters. The Hall–Kier alpha value is -1.31. The molecule has 1 atom stereocenters. The third kappa shape index (κ3) is 2.36. The van der Waals surface area contributed by atoms with E-state index in [9.17, 15) is 4.79 Å². The topological polar surface area (TPSA) is 26.3 Å². The van der Waals surface area contributed by atoms with Crippen molar-refractivity contribution in [3.8, 4) is 5.75 Å². The summed E-state index contributed by atoms with van der Waals surface area (Å²) in [7, 11) is 0. The molecular formula is C15H20O2. The zero-order chi connectivity index (χ0) is 12.6. The minimum Gasteiger partial charge on any atom is -0.493 e. The Bertz CT molecular complexity index is 441. The molecule has 2 rings (SSSR count). The van der Waals surface area contributed by atoms with E-state index in [2.05, 4.69) is 6.92 Å². The van der Waals surface area contributed by atoms with Crippen LogP contribution in [-0.4, -0.2) is 12.4 Å². The molecule has 0 radical (unpaired) electrons. The molecule has 0 spiro atoms. The van der Waals surface area contributed by atoms with Crippen LogP contribution in [0.15, 0.2) is 18.2 Å². The highest BCUT2D eigenvalue weighted by Crippen LogP contribution is 2.35. The van der Waals surface area contributed by atoms with Gasteiger partial charge in [0.05, 0.1) is 6.61 Å². The van der Waals surface area contributed by atoms with Crippen molar-refractivity contribution < 1.29 is 9.53 Å². The first-order chi connectivity index (χ1) is 7.89. The van der Waals surface area contributed by atoms with Crippen LogP contribution in [0.4, 0.5) is 0 Å². The summed E-state index contributed by atoms with van der Waals surface area (Å²) in [5, 5.41) is 0. The number of carbonyl (C=O) groups is 1. The summed E-state index contributed by atoms with van der Waals surface area (Å²) in [6.45, 7) is 8.78. The zero-order valence-corrected chi connectivity index (χ0v) is 11.0. The summed E-state index contributed by atoms with van der Waals surface area (Å²) in [5.41, 5.74) is 1.64. The van der Waals surface area contributed by atoms with E-state index in [0.29, 0.717) is 5.92 Å². The summed E-state index contributed by atoms with van der Waals surface area (Å²) in [6, 6.07) is 5.87. The molecule has 0 saturated carbocycles. The second-order valence-corrected chi connectivity index (χ2v) is 5.87.